The lowest BCUT2D eigenvalue weighted by Crippen LogP contribution is -2.54. The molecule has 2 saturated heterocycles. The van der Waals surface area contributed by atoms with Crippen LogP contribution in [0.4, 0.5) is 4.79 Å². The van der Waals surface area contributed by atoms with Crippen LogP contribution in [0.15, 0.2) is 60.7 Å². The van der Waals surface area contributed by atoms with Crippen molar-refractivity contribution in [3.63, 3.8) is 0 Å². The van der Waals surface area contributed by atoms with E-state index in [-0.39, 0.29) is 30.8 Å². The number of amides is 1. The van der Waals surface area contributed by atoms with Crippen LogP contribution in [-0.4, -0.2) is 47.9 Å². The fourth-order valence-corrected chi connectivity index (χ4v) is 5.14. The molecule has 2 aromatic carbocycles. The fourth-order valence-electron chi connectivity index (χ4n) is 5.14. The number of carbonyl (C=O) groups excluding carboxylic acids is 2. The number of benzene rings is 2. The predicted molar refractivity (Wildman–Crippen MR) is 151 cm³/mol. The summed E-state index contributed by atoms with van der Waals surface area (Å²) in [6.45, 7) is 12.4. The molecule has 0 spiro atoms. The van der Waals surface area contributed by atoms with Crippen molar-refractivity contribution >= 4 is 19.2 Å². The zero-order valence-corrected chi connectivity index (χ0v) is 24.1. The van der Waals surface area contributed by atoms with Gasteiger partial charge in [-0.3, -0.25) is 4.90 Å². The van der Waals surface area contributed by atoms with Gasteiger partial charge in [-0.2, -0.15) is 0 Å². The monoisotopic (exact) mass is 535 g/mol. The molecule has 2 heterocycles. The lowest BCUT2D eigenvalue weighted by molar-refractivity contribution is -0.173. The maximum Gasteiger partial charge on any atom is 0.457 e. The summed E-state index contributed by atoms with van der Waals surface area (Å²) in [7, 11) is -0.292. The van der Waals surface area contributed by atoms with Crippen LogP contribution in [0.25, 0.3) is 0 Å². The normalized spacial score (nSPS) is 24.1. The van der Waals surface area contributed by atoms with Crippen LogP contribution in [0, 0.1) is 5.92 Å². The summed E-state index contributed by atoms with van der Waals surface area (Å²) in [5.41, 5.74) is 0.970. The van der Waals surface area contributed by atoms with E-state index in [0.29, 0.717) is 19.2 Å². The Kier molecular flexibility index (Phi) is 9.07. The molecule has 0 N–H and O–H groups in total. The smallest absolute Gasteiger partial charge is 0.453 e. The van der Waals surface area contributed by atoms with Crippen molar-refractivity contribution in [1.82, 2.24) is 4.90 Å². The number of hydrogen-bond donors (Lipinski definition) is 0. The second-order valence-corrected chi connectivity index (χ2v) is 12.0. The highest BCUT2D eigenvalue weighted by Gasteiger charge is 2.51. The average Bonchev–Trinajstić information content (AvgIpc) is 3.11. The maximum absolute atomic E-state index is 13.7. The second-order valence-electron chi connectivity index (χ2n) is 12.0. The van der Waals surface area contributed by atoms with Gasteiger partial charge in [-0.1, -0.05) is 87.4 Å². The summed E-state index contributed by atoms with van der Waals surface area (Å²) in [4.78, 5) is 28.8. The number of ether oxygens (including phenoxy) is 2. The van der Waals surface area contributed by atoms with E-state index in [4.69, 9.17) is 18.8 Å². The number of morpholine rings is 1. The summed E-state index contributed by atoms with van der Waals surface area (Å²) in [6.07, 6.45) is 1.52. The molecule has 3 atom stereocenters. The summed E-state index contributed by atoms with van der Waals surface area (Å²) in [6, 6.07) is 18.1. The van der Waals surface area contributed by atoms with Gasteiger partial charge in [-0.25, -0.2) is 9.59 Å². The van der Waals surface area contributed by atoms with Crippen molar-refractivity contribution in [3.05, 3.63) is 71.8 Å². The molecule has 2 aromatic rings. The number of hydrogen-bond acceptors (Lipinski definition) is 6. The lowest BCUT2D eigenvalue weighted by atomic mass is 9.81. The first kappa shape index (κ1) is 29.2. The van der Waals surface area contributed by atoms with Gasteiger partial charge in [0, 0.05) is 0 Å². The topological polar surface area (TPSA) is 74.3 Å². The Hall–Kier alpha value is -2.84. The number of unbranched alkanes of at least 4 members (excludes halogenated alkanes) is 1. The first-order chi connectivity index (χ1) is 18.5. The molecule has 2 fully saturated rings. The first-order valence-electron chi connectivity index (χ1n) is 14.1. The number of cyclic esters (lactones) is 1. The van der Waals surface area contributed by atoms with Gasteiger partial charge in [-0.05, 0) is 57.5 Å². The van der Waals surface area contributed by atoms with E-state index in [1.54, 1.807) is 4.90 Å². The molecule has 0 saturated carbocycles. The van der Waals surface area contributed by atoms with Crippen molar-refractivity contribution < 1.29 is 28.4 Å². The number of esters is 1. The third-order valence-electron chi connectivity index (χ3n) is 7.93. The second kappa shape index (κ2) is 12.1. The van der Waals surface area contributed by atoms with Crippen LogP contribution >= 0.6 is 0 Å². The van der Waals surface area contributed by atoms with Crippen LogP contribution in [0.1, 0.15) is 84.1 Å². The van der Waals surface area contributed by atoms with E-state index in [9.17, 15) is 9.59 Å². The van der Waals surface area contributed by atoms with E-state index in [0.717, 1.165) is 17.5 Å². The van der Waals surface area contributed by atoms with Crippen LogP contribution < -0.4 is 0 Å². The van der Waals surface area contributed by atoms with E-state index < -0.39 is 30.3 Å². The van der Waals surface area contributed by atoms with Gasteiger partial charge in [0.05, 0.1) is 17.8 Å². The Morgan fingerprint density at radius 1 is 0.923 bits per heavy atom. The molecule has 0 aromatic heterocycles. The Labute approximate surface area is 233 Å². The molecule has 8 heteroatoms. The van der Waals surface area contributed by atoms with Gasteiger partial charge in [-0.15, -0.1) is 0 Å². The van der Waals surface area contributed by atoms with Gasteiger partial charge in [0.15, 0.2) is 6.10 Å². The summed E-state index contributed by atoms with van der Waals surface area (Å²) in [5.74, 6) is -0.239. The molecule has 210 valence electrons. The Morgan fingerprint density at radius 2 is 1.49 bits per heavy atom. The van der Waals surface area contributed by atoms with E-state index in [1.807, 2.05) is 102 Å². The maximum atomic E-state index is 13.7. The van der Waals surface area contributed by atoms with Crippen LogP contribution in [0.2, 0.25) is 6.32 Å². The molecule has 2 aliphatic heterocycles. The average molecular weight is 535 g/mol. The number of rotatable bonds is 9. The summed E-state index contributed by atoms with van der Waals surface area (Å²) < 4.78 is 24.1. The van der Waals surface area contributed by atoms with E-state index >= 15 is 0 Å². The zero-order valence-electron chi connectivity index (χ0n) is 24.1. The first-order valence-corrected chi connectivity index (χ1v) is 14.1. The molecule has 0 aliphatic carbocycles. The standard InChI is InChI=1S/C31H42BNO6/c1-22(2)21-36-29(35)33-25(19-13-14-20-32-38-30(3,4)31(5,6)39-32)28(34)37-27(24-17-11-8-12-18-24)26(33)23-15-9-7-10-16-23/h7-12,15-18,22,25-27H,13-14,19-21H2,1-6H3/t25-,26-,27+/m1/s1. The van der Waals surface area contributed by atoms with E-state index in [2.05, 4.69) is 0 Å². The van der Waals surface area contributed by atoms with E-state index in [1.165, 1.54) is 0 Å². The largest absolute Gasteiger partial charge is 0.457 e. The molecule has 0 radical (unpaired) electrons. The highest BCUT2D eigenvalue weighted by atomic mass is 16.7. The predicted octanol–water partition coefficient (Wildman–Crippen LogP) is 6.75. The van der Waals surface area contributed by atoms with Crippen LogP contribution in [-0.2, 0) is 23.6 Å². The zero-order chi connectivity index (χ0) is 28.2. The van der Waals surface area contributed by atoms with Gasteiger partial charge in [0.25, 0.3) is 0 Å². The van der Waals surface area contributed by atoms with Crippen LogP contribution in [0.5, 0.6) is 0 Å². The minimum absolute atomic E-state index is 0.171. The van der Waals surface area contributed by atoms with Crippen molar-refractivity contribution in [1.29, 1.82) is 0 Å². The lowest BCUT2D eigenvalue weighted by Gasteiger charge is -2.44. The van der Waals surface area contributed by atoms with Crippen molar-refractivity contribution in [2.24, 2.45) is 5.92 Å². The van der Waals surface area contributed by atoms with Crippen molar-refractivity contribution in [2.45, 2.75) is 96.5 Å². The molecule has 39 heavy (non-hydrogen) atoms. The molecule has 0 bridgehead atoms. The van der Waals surface area contributed by atoms with Gasteiger partial charge in [0.1, 0.15) is 12.1 Å². The Bertz CT molecular complexity index is 1090. The van der Waals surface area contributed by atoms with Crippen molar-refractivity contribution in [2.75, 3.05) is 6.61 Å². The SMILES string of the molecule is CC(C)COC(=O)N1[C@H](CCCCB2OC(C)(C)C(C)(C)O2)C(=O)O[C@@H](c2ccccc2)[C@H]1c1ccccc1. The highest BCUT2D eigenvalue weighted by molar-refractivity contribution is 6.45. The van der Waals surface area contributed by atoms with Gasteiger partial charge >= 0.3 is 19.2 Å². The molecular formula is C31H42BNO6. The van der Waals surface area contributed by atoms with Gasteiger partial charge < -0.3 is 18.8 Å². The van der Waals surface area contributed by atoms with Crippen LogP contribution in [0.3, 0.4) is 0 Å². The molecule has 1 amide bonds. The number of nitrogens with zero attached hydrogens (tertiary/aromatic N) is 1. The summed E-state index contributed by atoms with van der Waals surface area (Å²) >= 11 is 0. The molecule has 7 nitrogen and oxygen atoms in total. The quantitative estimate of drug-likeness (QED) is 0.201. The molecule has 0 unspecified atom stereocenters. The third kappa shape index (κ3) is 6.67. The Morgan fingerprint density at radius 3 is 2.05 bits per heavy atom. The third-order valence-corrected chi connectivity index (χ3v) is 7.93. The minimum Gasteiger partial charge on any atom is -0.453 e. The summed E-state index contributed by atoms with van der Waals surface area (Å²) in [5, 5.41) is 0. The fraction of sp³-hybridized carbons (Fsp3) is 0.548. The van der Waals surface area contributed by atoms with Gasteiger partial charge in [0.2, 0.25) is 0 Å². The number of carbonyl (C=O) groups is 2. The molecule has 2 aliphatic rings. The highest BCUT2D eigenvalue weighted by Crippen LogP contribution is 2.44. The van der Waals surface area contributed by atoms with Crippen molar-refractivity contribution in [3.8, 4) is 0 Å². The minimum atomic E-state index is -0.756. The Balaban J connectivity index is 1.56. The molecular weight excluding hydrogens is 493 g/mol. The molecule has 4 rings (SSSR count).